The van der Waals surface area contributed by atoms with E-state index in [9.17, 15) is 9.59 Å². The van der Waals surface area contributed by atoms with Gasteiger partial charge in [0.25, 0.3) is 5.91 Å². The van der Waals surface area contributed by atoms with Crippen LogP contribution in [-0.4, -0.2) is 24.6 Å². The fraction of sp³-hybridized carbons (Fsp3) is 0.250. The molecule has 1 N–H and O–H groups in total. The first kappa shape index (κ1) is 19.0. The average Bonchev–Trinajstić information content (AvgIpc) is 2.66. The molecule has 0 bridgehead atoms. The number of rotatable bonds is 7. The van der Waals surface area contributed by atoms with Gasteiger partial charge in [-0.25, -0.2) is 4.79 Å². The molecule has 2 rings (SSSR count). The normalized spacial score (nSPS) is 11.1. The fourth-order valence-corrected chi connectivity index (χ4v) is 2.16. The van der Waals surface area contributed by atoms with E-state index >= 15 is 0 Å². The third-order valence-corrected chi connectivity index (χ3v) is 3.62. The summed E-state index contributed by atoms with van der Waals surface area (Å²) < 4.78 is 10.4. The molecule has 6 nitrogen and oxygen atoms in total. The SMILES string of the molecule is CCc1ccc(OCC(=O)O[C@H](C)C(=O)Nc2cccc(C#N)c2)cc1. The summed E-state index contributed by atoms with van der Waals surface area (Å²) in [7, 11) is 0. The second-order valence-electron chi connectivity index (χ2n) is 5.60. The van der Waals surface area contributed by atoms with Crippen LogP contribution in [0.3, 0.4) is 0 Å². The van der Waals surface area contributed by atoms with Gasteiger partial charge >= 0.3 is 5.97 Å². The molecule has 0 heterocycles. The molecular formula is C20H20N2O4. The Morgan fingerprint density at radius 2 is 1.92 bits per heavy atom. The number of carbonyl (C=O) groups excluding carboxylic acids is 2. The highest BCUT2D eigenvalue weighted by Gasteiger charge is 2.18. The number of anilines is 1. The third kappa shape index (κ3) is 5.64. The van der Waals surface area contributed by atoms with Crippen LogP contribution in [0.4, 0.5) is 5.69 Å². The minimum Gasteiger partial charge on any atom is -0.482 e. The molecule has 0 saturated heterocycles. The number of ether oxygens (including phenoxy) is 2. The van der Waals surface area contributed by atoms with Crippen LogP contribution in [0.1, 0.15) is 25.0 Å². The van der Waals surface area contributed by atoms with Gasteiger partial charge in [-0.3, -0.25) is 4.79 Å². The molecule has 0 saturated carbocycles. The molecule has 0 aliphatic heterocycles. The van der Waals surface area contributed by atoms with E-state index in [1.165, 1.54) is 18.6 Å². The van der Waals surface area contributed by atoms with Gasteiger partial charge in [-0.15, -0.1) is 0 Å². The molecule has 6 heteroatoms. The summed E-state index contributed by atoms with van der Waals surface area (Å²) >= 11 is 0. The predicted octanol–water partition coefficient (Wildman–Crippen LogP) is 3.07. The molecule has 0 unspecified atom stereocenters. The first-order chi connectivity index (χ1) is 12.5. The summed E-state index contributed by atoms with van der Waals surface area (Å²) in [5.74, 6) is -0.566. The standard InChI is InChI=1S/C20H20N2O4/c1-3-15-7-9-18(10-8-15)25-13-19(23)26-14(2)20(24)22-17-6-4-5-16(11-17)12-21/h4-11,14H,3,13H2,1-2H3,(H,22,24)/t14-/m1/s1. The molecule has 1 atom stereocenters. The van der Waals surface area contributed by atoms with Crippen molar-refractivity contribution in [3.63, 3.8) is 0 Å². The summed E-state index contributed by atoms with van der Waals surface area (Å²) in [4.78, 5) is 23.9. The van der Waals surface area contributed by atoms with E-state index in [2.05, 4.69) is 12.2 Å². The highest BCUT2D eigenvalue weighted by molar-refractivity contribution is 5.95. The van der Waals surface area contributed by atoms with Gasteiger partial charge in [-0.2, -0.15) is 5.26 Å². The van der Waals surface area contributed by atoms with Crippen molar-refractivity contribution in [2.75, 3.05) is 11.9 Å². The van der Waals surface area contributed by atoms with E-state index in [-0.39, 0.29) is 6.61 Å². The number of amides is 1. The molecule has 26 heavy (non-hydrogen) atoms. The molecule has 0 spiro atoms. The van der Waals surface area contributed by atoms with Crippen LogP contribution < -0.4 is 10.1 Å². The van der Waals surface area contributed by atoms with Crippen molar-refractivity contribution in [2.24, 2.45) is 0 Å². The van der Waals surface area contributed by atoms with Crippen LogP contribution >= 0.6 is 0 Å². The summed E-state index contributed by atoms with van der Waals surface area (Å²) in [5.41, 5.74) is 2.06. The number of esters is 1. The zero-order valence-electron chi connectivity index (χ0n) is 14.7. The van der Waals surface area contributed by atoms with Gasteiger partial charge in [0.1, 0.15) is 5.75 Å². The van der Waals surface area contributed by atoms with Crippen LogP contribution in [0.15, 0.2) is 48.5 Å². The Bertz CT molecular complexity index is 809. The Kier molecular flexibility index (Phi) is 6.75. The van der Waals surface area contributed by atoms with E-state index in [4.69, 9.17) is 14.7 Å². The molecule has 1 amide bonds. The Labute approximate surface area is 152 Å². The van der Waals surface area contributed by atoms with Crippen LogP contribution in [0.5, 0.6) is 5.75 Å². The predicted molar refractivity (Wildman–Crippen MR) is 96.7 cm³/mol. The molecule has 0 radical (unpaired) electrons. The van der Waals surface area contributed by atoms with E-state index in [0.717, 1.165) is 6.42 Å². The number of hydrogen-bond acceptors (Lipinski definition) is 5. The first-order valence-corrected chi connectivity index (χ1v) is 8.24. The number of benzene rings is 2. The zero-order valence-corrected chi connectivity index (χ0v) is 14.7. The van der Waals surface area contributed by atoms with E-state index < -0.39 is 18.0 Å². The van der Waals surface area contributed by atoms with Crippen molar-refractivity contribution in [1.29, 1.82) is 5.26 Å². The van der Waals surface area contributed by atoms with Gasteiger partial charge in [-0.05, 0) is 49.2 Å². The Hall–Kier alpha value is -3.33. The van der Waals surface area contributed by atoms with Crippen molar-refractivity contribution in [3.8, 4) is 11.8 Å². The summed E-state index contributed by atoms with van der Waals surface area (Å²) in [6.07, 6.45) is -0.0639. The number of aryl methyl sites for hydroxylation is 1. The first-order valence-electron chi connectivity index (χ1n) is 8.24. The Morgan fingerprint density at radius 1 is 1.19 bits per heavy atom. The molecule has 0 aromatic heterocycles. The molecule has 2 aromatic rings. The maximum Gasteiger partial charge on any atom is 0.344 e. The zero-order chi connectivity index (χ0) is 18.9. The van der Waals surface area contributed by atoms with Gasteiger partial charge in [0.15, 0.2) is 12.7 Å². The van der Waals surface area contributed by atoms with E-state index in [1.54, 1.807) is 30.3 Å². The van der Waals surface area contributed by atoms with Gasteiger partial charge in [-0.1, -0.05) is 25.1 Å². The average molecular weight is 352 g/mol. The third-order valence-electron chi connectivity index (χ3n) is 3.62. The second kappa shape index (κ2) is 9.23. The smallest absolute Gasteiger partial charge is 0.344 e. The van der Waals surface area contributed by atoms with Gasteiger partial charge in [0, 0.05) is 5.69 Å². The number of hydrogen-bond donors (Lipinski definition) is 1. The quantitative estimate of drug-likeness (QED) is 0.774. The van der Waals surface area contributed by atoms with E-state index in [0.29, 0.717) is 17.0 Å². The second-order valence-corrected chi connectivity index (χ2v) is 5.60. The van der Waals surface area contributed by atoms with Gasteiger partial charge < -0.3 is 14.8 Å². The van der Waals surface area contributed by atoms with Crippen LogP contribution in [0.25, 0.3) is 0 Å². The van der Waals surface area contributed by atoms with Crippen LogP contribution in [-0.2, 0) is 20.7 Å². The largest absolute Gasteiger partial charge is 0.482 e. The van der Waals surface area contributed by atoms with Crippen molar-refractivity contribution < 1.29 is 19.1 Å². The lowest BCUT2D eigenvalue weighted by atomic mass is 10.2. The van der Waals surface area contributed by atoms with Crippen LogP contribution in [0.2, 0.25) is 0 Å². The Morgan fingerprint density at radius 3 is 2.58 bits per heavy atom. The van der Waals surface area contributed by atoms with Crippen LogP contribution in [0, 0.1) is 11.3 Å². The number of nitrogens with zero attached hydrogens (tertiary/aromatic N) is 1. The lowest BCUT2D eigenvalue weighted by molar-refractivity contribution is -0.155. The molecule has 0 aliphatic carbocycles. The monoisotopic (exact) mass is 352 g/mol. The molecular weight excluding hydrogens is 332 g/mol. The summed E-state index contributed by atoms with van der Waals surface area (Å²) in [5, 5.41) is 11.5. The lowest BCUT2D eigenvalue weighted by Crippen LogP contribution is -2.31. The lowest BCUT2D eigenvalue weighted by Gasteiger charge is -2.14. The molecule has 0 aliphatic rings. The van der Waals surface area contributed by atoms with Crippen molar-refractivity contribution >= 4 is 17.6 Å². The van der Waals surface area contributed by atoms with Gasteiger partial charge in [0.05, 0.1) is 11.6 Å². The molecule has 134 valence electrons. The highest BCUT2D eigenvalue weighted by Crippen LogP contribution is 2.13. The van der Waals surface area contributed by atoms with Crippen molar-refractivity contribution in [2.45, 2.75) is 26.4 Å². The maximum absolute atomic E-state index is 12.1. The minimum absolute atomic E-state index is 0.285. The number of carbonyl (C=O) groups is 2. The minimum atomic E-state index is -0.987. The van der Waals surface area contributed by atoms with E-state index in [1.807, 2.05) is 18.2 Å². The summed E-state index contributed by atoms with van der Waals surface area (Å²) in [6.45, 7) is 3.24. The van der Waals surface area contributed by atoms with Crippen molar-refractivity contribution in [1.82, 2.24) is 0 Å². The Balaban J connectivity index is 1.81. The maximum atomic E-state index is 12.1. The summed E-state index contributed by atoms with van der Waals surface area (Å²) in [6, 6.07) is 15.9. The van der Waals surface area contributed by atoms with Gasteiger partial charge in [0.2, 0.25) is 0 Å². The van der Waals surface area contributed by atoms with Crippen molar-refractivity contribution in [3.05, 3.63) is 59.7 Å². The number of nitriles is 1. The molecule has 2 aromatic carbocycles. The highest BCUT2D eigenvalue weighted by atomic mass is 16.6. The fourth-order valence-electron chi connectivity index (χ4n) is 2.16. The molecule has 0 fully saturated rings. The topological polar surface area (TPSA) is 88.4 Å². The number of nitrogens with one attached hydrogen (secondary N) is 1.